The van der Waals surface area contributed by atoms with Crippen molar-refractivity contribution in [2.24, 2.45) is 5.73 Å². The van der Waals surface area contributed by atoms with E-state index in [-0.39, 0.29) is 18.0 Å². The van der Waals surface area contributed by atoms with Crippen molar-refractivity contribution in [2.45, 2.75) is 10.9 Å². The predicted molar refractivity (Wildman–Crippen MR) is 78.9 cm³/mol. The lowest BCUT2D eigenvalue weighted by Gasteiger charge is -2.33. The molecule has 104 valence electrons. The van der Waals surface area contributed by atoms with Gasteiger partial charge in [0.2, 0.25) is 15.9 Å². The number of amides is 1. The Morgan fingerprint density at radius 3 is 2.58 bits per heavy atom. The maximum atomic E-state index is 12.5. The van der Waals surface area contributed by atoms with Gasteiger partial charge in [0.15, 0.2) is 0 Å². The Hall–Kier alpha value is -0.710. The molecule has 0 aliphatic carbocycles. The number of carbonyl (C=O) groups excluding carboxylic acids is 1. The number of primary amides is 1. The van der Waals surface area contributed by atoms with E-state index in [1.165, 1.54) is 16.4 Å². The number of nitrogens with two attached hydrogens (primary N) is 1. The minimum Gasteiger partial charge on any atom is -0.368 e. The SMILES string of the molecule is NC(=O)C1CNCCN1S(=O)(=O)c1ccc(I)cc1. The Balaban J connectivity index is 2.37. The Morgan fingerprint density at radius 1 is 1.37 bits per heavy atom. The topological polar surface area (TPSA) is 92.5 Å². The quantitative estimate of drug-likeness (QED) is 0.690. The normalized spacial score (nSPS) is 21.2. The largest absolute Gasteiger partial charge is 0.368 e. The van der Waals surface area contributed by atoms with Gasteiger partial charge in [-0.15, -0.1) is 0 Å². The molecule has 19 heavy (non-hydrogen) atoms. The first-order valence-electron chi connectivity index (χ1n) is 5.70. The molecule has 1 fully saturated rings. The maximum absolute atomic E-state index is 12.5. The van der Waals surface area contributed by atoms with E-state index in [9.17, 15) is 13.2 Å². The van der Waals surface area contributed by atoms with Crippen LogP contribution in [0.4, 0.5) is 0 Å². The summed E-state index contributed by atoms with van der Waals surface area (Å²) < 4.78 is 27.1. The lowest BCUT2D eigenvalue weighted by atomic mass is 10.2. The number of hydrogen-bond acceptors (Lipinski definition) is 4. The van der Waals surface area contributed by atoms with Crippen molar-refractivity contribution in [1.29, 1.82) is 0 Å². The zero-order valence-electron chi connectivity index (χ0n) is 10.0. The van der Waals surface area contributed by atoms with Crippen LogP contribution in [0.25, 0.3) is 0 Å². The number of hydrogen-bond donors (Lipinski definition) is 2. The molecule has 2 rings (SSSR count). The van der Waals surface area contributed by atoms with Crippen LogP contribution in [-0.2, 0) is 14.8 Å². The fourth-order valence-electron chi connectivity index (χ4n) is 1.96. The van der Waals surface area contributed by atoms with E-state index in [0.717, 1.165) is 3.57 Å². The smallest absolute Gasteiger partial charge is 0.243 e. The van der Waals surface area contributed by atoms with Crippen molar-refractivity contribution in [1.82, 2.24) is 9.62 Å². The molecule has 0 spiro atoms. The van der Waals surface area contributed by atoms with Crippen molar-refractivity contribution in [3.8, 4) is 0 Å². The molecule has 1 heterocycles. The number of carbonyl (C=O) groups is 1. The van der Waals surface area contributed by atoms with Crippen molar-refractivity contribution in [2.75, 3.05) is 19.6 Å². The molecule has 1 amide bonds. The van der Waals surface area contributed by atoms with Gasteiger partial charge in [-0.25, -0.2) is 8.42 Å². The van der Waals surface area contributed by atoms with E-state index >= 15 is 0 Å². The fraction of sp³-hybridized carbons (Fsp3) is 0.364. The first-order chi connectivity index (χ1) is 8.93. The van der Waals surface area contributed by atoms with E-state index in [0.29, 0.717) is 6.54 Å². The number of halogens is 1. The highest BCUT2D eigenvalue weighted by molar-refractivity contribution is 14.1. The number of benzene rings is 1. The molecule has 3 N–H and O–H groups in total. The molecule has 1 saturated heterocycles. The van der Waals surface area contributed by atoms with Crippen molar-refractivity contribution >= 4 is 38.5 Å². The third-order valence-corrected chi connectivity index (χ3v) is 5.58. The van der Waals surface area contributed by atoms with Crippen LogP contribution in [0.15, 0.2) is 29.2 Å². The molecule has 1 aromatic carbocycles. The average Bonchev–Trinajstić information content (AvgIpc) is 2.39. The van der Waals surface area contributed by atoms with Gasteiger partial charge >= 0.3 is 0 Å². The number of nitrogens with one attached hydrogen (secondary N) is 1. The number of nitrogens with zero attached hydrogens (tertiary/aromatic N) is 1. The van der Waals surface area contributed by atoms with Gasteiger partial charge in [-0.2, -0.15) is 4.31 Å². The molecule has 0 bridgehead atoms. The molecule has 1 unspecified atom stereocenters. The second-order valence-electron chi connectivity index (χ2n) is 4.19. The Kier molecular flexibility index (Phi) is 4.43. The van der Waals surface area contributed by atoms with Crippen LogP contribution in [0.3, 0.4) is 0 Å². The lowest BCUT2D eigenvalue weighted by molar-refractivity contribution is -0.122. The molecule has 0 radical (unpaired) electrons. The summed E-state index contributed by atoms with van der Waals surface area (Å²) in [7, 11) is -3.68. The van der Waals surface area contributed by atoms with Gasteiger partial charge in [-0.1, -0.05) is 0 Å². The highest BCUT2D eigenvalue weighted by Crippen LogP contribution is 2.20. The summed E-state index contributed by atoms with van der Waals surface area (Å²) in [5.41, 5.74) is 5.27. The highest BCUT2D eigenvalue weighted by Gasteiger charge is 2.36. The van der Waals surface area contributed by atoms with E-state index in [2.05, 4.69) is 27.9 Å². The van der Waals surface area contributed by atoms with E-state index in [1.807, 2.05) is 0 Å². The molecular weight excluding hydrogens is 381 g/mol. The summed E-state index contributed by atoms with van der Waals surface area (Å²) in [5.74, 6) is -0.638. The van der Waals surface area contributed by atoms with Gasteiger partial charge < -0.3 is 11.1 Å². The van der Waals surface area contributed by atoms with Crippen LogP contribution in [0.1, 0.15) is 0 Å². The minimum absolute atomic E-state index is 0.182. The standard InChI is InChI=1S/C11H14IN3O3S/c12-8-1-3-9(4-2-8)19(17,18)15-6-5-14-7-10(15)11(13)16/h1-4,10,14H,5-7H2,(H2,13,16). The van der Waals surface area contributed by atoms with Gasteiger partial charge in [0, 0.05) is 23.2 Å². The van der Waals surface area contributed by atoms with Gasteiger partial charge in [-0.3, -0.25) is 4.79 Å². The molecule has 0 saturated carbocycles. The van der Waals surface area contributed by atoms with Gasteiger partial charge in [0.25, 0.3) is 0 Å². The Morgan fingerprint density at radius 2 is 2.00 bits per heavy atom. The number of piperazine rings is 1. The van der Waals surface area contributed by atoms with Crippen LogP contribution in [-0.4, -0.2) is 44.3 Å². The summed E-state index contributed by atoms with van der Waals surface area (Å²) in [6.45, 7) is 0.994. The first kappa shape index (κ1) is 14.7. The van der Waals surface area contributed by atoms with Crippen LogP contribution < -0.4 is 11.1 Å². The van der Waals surface area contributed by atoms with Gasteiger partial charge in [-0.05, 0) is 46.9 Å². The molecular formula is C11H14IN3O3S. The van der Waals surface area contributed by atoms with Crippen LogP contribution >= 0.6 is 22.6 Å². The minimum atomic E-state index is -3.68. The average molecular weight is 395 g/mol. The van der Waals surface area contributed by atoms with Crippen molar-refractivity contribution in [3.05, 3.63) is 27.8 Å². The van der Waals surface area contributed by atoms with Gasteiger partial charge in [0.1, 0.15) is 6.04 Å². The summed E-state index contributed by atoms with van der Waals surface area (Å²) in [6, 6.07) is 5.68. The Bertz CT molecular complexity index is 573. The van der Waals surface area contributed by atoms with Crippen molar-refractivity contribution in [3.63, 3.8) is 0 Å². The monoisotopic (exact) mass is 395 g/mol. The molecule has 0 aromatic heterocycles. The summed E-state index contributed by atoms with van der Waals surface area (Å²) in [6.07, 6.45) is 0. The first-order valence-corrected chi connectivity index (χ1v) is 8.22. The molecule has 1 aromatic rings. The fourth-order valence-corrected chi connectivity index (χ4v) is 3.91. The zero-order valence-corrected chi connectivity index (χ0v) is 13.0. The number of rotatable bonds is 3. The summed E-state index contributed by atoms with van der Waals surface area (Å²) >= 11 is 2.10. The van der Waals surface area contributed by atoms with E-state index < -0.39 is 22.0 Å². The van der Waals surface area contributed by atoms with Gasteiger partial charge in [0.05, 0.1) is 4.90 Å². The van der Waals surface area contributed by atoms with Crippen LogP contribution in [0.5, 0.6) is 0 Å². The second-order valence-corrected chi connectivity index (χ2v) is 7.33. The molecule has 6 nitrogen and oxygen atoms in total. The summed E-state index contributed by atoms with van der Waals surface area (Å²) in [5, 5.41) is 2.97. The molecule has 1 atom stereocenters. The summed E-state index contributed by atoms with van der Waals surface area (Å²) in [4.78, 5) is 11.6. The highest BCUT2D eigenvalue weighted by atomic mass is 127. The zero-order chi connectivity index (χ0) is 14.0. The van der Waals surface area contributed by atoms with Crippen LogP contribution in [0.2, 0.25) is 0 Å². The lowest BCUT2D eigenvalue weighted by Crippen LogP contribution is -2.58. The molecule has 1 aliphatic rings. The molecule has 1 aliphatic heterocycles. The maximum Gasteiger partial charge on any atom is 0.243 e. The van der Waals surface area contributed by atoms with E-state index in [1.54, 1.807) is 12.1 Å². The van der Waals surface area contributed by atoms with E-state index in [4.69, 9.17) is 5.73 Å². The van der Waals surface area contributed by atoms with Crippen LogP contribution in [0, 0.1) is 3.57 Å². The third-order valence-electron chi connectivity index (χ3n) is 2.94. The van der Waals surface area contributed by atoms with Crippen molar-refractivity contribution < 1.29 is 13.2 Å². The third kappa shape index (κ3) is 3.07. The predicted octanol–water partition coefficient (Wildman–Crippen LogP) is -0.261. The Labute approximate surface area is 125 Å². The molecule has 8 heteroatoms. The second kappa shape index (κ2) is 5.73. The number of sulfonamides is 1.